The minimum atomic E-state index is 0.494. The number of anilines is 2. The molecule has 6 nitrogen and oxygen atoms in total. The molecule has 0 radical (unpaired) electrons. The summed E-state index contributed by atoms with van der Waals surface area (Å²) in [4.78, 5) is 13.6. The van der Waals surface area contributed by atoms with Gasteiger partial charge in [-0.3, -0.25) is 5.01 Å². The Kier molecular flexibility index (Phi) is 6.27. The molecule has 0 saturated carbocycles. The number of benzene rings is 2. The van der Waals surface area contributed by atoms with Gasteiger partial charge in [0.05, 0.1) is 12.2 Å². The molecule has 2 heterocycles. The number of hydrogen-bond donors (Lipinski definition) is 2. The highest BCUT2D eigenvalue weighted by atomic mass is 15.5. The highest BCUT2D eigenvalue weighted by Gasteiger charge is 2.13. The second kappa shape index (κ2) is 9.62. The first-order valence-corrected chi connectivity index (χ1v) is 9.92. The molecule has 150 valence electrons. The first-order chi connectivity index (χ1) is 14.8. The summed E-state index contributed by atoms with van der Waals surface area (Å²) in [5.74, 6) is 7.57. The van der Waals surface area contributed by atoms with Crippen LogP contribution in [0.15, 0.2) is 91.3 Å². The summed E-state index contributed by atoms with van der Waals surface area (Å²) < 4.78 is 0. The maximum Gasteiger partial charge on any atom is 0.240 e. The predicted molar refractivity (Wildman–Crippen MR) is 121 cm³/mol. The summed E-state index contributed by atoms with van der Waals surface area (Å²) in [6.07, 6.45) is 4.39. The fourth-order valence-electron chi connectivity index (χ4n) is 3.20. The zero-order chi connectivity index (χ0) is 20.6. The van der Waals surface area contributed by atoms with E-state index in [1.54, 1.807) is 11.2 Å². The van der Waals surface area contributed by atoms with Crippen molar-refractivity contribution in [3.8, 4) is 11.3 Å². The molecule has 0 aliphatic heterocycles. The third-order valence-corrected chi connectivity index (χ3v) is 4.72. The first kappa shape index (κ1) is 19.5. The largest absolute Gasteiger partial charge is 0.368 e. The Morgan fingerprint density at radius 2 is 1.57 bits per heavy atom. The molecule has 3 N–H and O–H groups in total. The van der Waals surface area contributed by atoms with Gasteiger partial charge in [-0.1, -0.05) is 66.7 Å². The molecule has 2 aromatic carbocycles. The van der Waals surface area contributed by atoms with Crippen molar-refractivity contribution in [1.29, 1.82) is 0 Å². The van der Waals surface area contributed by atoms with Crippen molar-refractivity contribution >= 4 is 11.8 Å². The summed E-state index contributed by atoms with van der Waals surface area (Å²) in [6.45, 7) is 1.17. The molecule has 0 atom stereocenters. The van der Waals surface area contributed by atoms with Crippen LogP contribution in [-0.4, -0.2) is 28.0 Å². The van der Waals surface area contributed by atoms with E-state index in [-0.39, 0.29) is 0 Å². The Labute approximate surface area is 176 Å². The number of nitrogens with two attached hydrogens (primary N) is 1. The Morgan fingerprint density at radius 3 is 2.30 bits per heavy atom. The van der Waals surface area contributed by atoms with Gasteiger partial charge in [-0.05, 0) is 17.7 Å². The van der Waals surface area contributed by atoms with E-state index in [1.807, 2.05) is 60.8 Å². The lowest BCUT2D eigenvalue weighted by molar-refractivity contribution is 0.809. The molecular weight excluding hydrogens is 372 g/mol. The van der Waals surface area contributed by atoms with Crippen LogP contribution in [0.3, 0.4) is 0 Å². The average Bonchev–Trinajstić information content (AvgIpc) is 2.81. The fourth-order valence-corrected chi connectivity index (χ4v) is 3.20. The van der Waals surface area contributed by atoms with Gasteiger partial charge in [-0.25, -0.2) is 20.8 Å². The van der Waals surface area contributed by atoms with Crippen LogP contribution >= 0.6 is 0 Å². The second-order valence-electron chi connectivity index (χ2n) is 6.91. The summed E-state index contributed by atoms with van der Waals surface area (Å²) in [5, 5.41) is 4.81. The molecule has 0 amide bonds. The van der Waals surface area contributed by atoms with Gasteiger partial charge in [0.15, 0.2) is 0 Å². The van der Waals surface area contributed by atoms with E-state index in [0.717, 1.165) is 29.1 Å². The number of pyridine rings is 1. The van der Waals surface area contributed by atoms with Gasteiger partial charge in [0.2, 0.25) is 5.95 Å². The van der Waals surface area contributed by atoms with Crippen molar-refractivity contribution in [2.24, 2.45) is 5.84 Å². The standard InChI is InChI=1S/C24H24N6/c25-30(16-15-27-22-13-7-8-14-26-22)24-28-18-21(17-19-9-3-1-4-10-19)23(29-24)20-11-5-2-6-12-20/h1-14,18H,15-17,25H2,(H,26,27). The number of hydrazine groups is 1. The summed E-state index contributed by atoms with van der Waals surface area (Å²) in [5.41, 5.74) is 4.23. The molecule has 6 heteroatoms. The smallest absolute Gasteiger partial charge is 0.240 e. The van der Waals surface area contributed by atoms with Crippen LogP contribution in [0.1, 0.15) is 11.1 Å². The molecule has 0 saturated heterocycles. The van der Waals surface area contributed by atoms with Crippen LogP contribution in [0.25, 0.3) is 11.3 Å². The minimum Gasteiger partial charge on any atom is -0.368 e. The van der Waals surface area contributed by atoms with Crippen molar-refractivity contribution in [3.63, 3.8) is 0 Å². The zero-order valence-corrected chi connectivity index (χ0v) is 16.6. The molecule has 0 spiro atoms. The Balaban J connectivity index is 1.53. The van der Waals surface area contributed by atoms with Crippen LogP contribution in [-0.2, 0) is 6.42 Å². The lowest BCUT2D eigenvalue weighted by Crippen LogP contribution is -2.37. The number of aromatic nitrogens is 3. The lowest BCUT2D eigenvalue weighted by Gasteiger charge is -2.19. The summed E-state index contributed by atoms with van der Waals surface area (Å²) >= 11 is 0. The SMILES string of the molecule is NN(CCNc1ccccn1)c1ncc(Cc2ccccc2)c(-c2ccccc2)n1. The Morgan fingerprint density at radius 1 is 0.833 bits per heavy atom. The number of rotatable bonds is 8. The van der Waals surface area contributed by atoms with Crippen LogP contribution in [0.4, 0.5) is 11.8 Å². The van der Waals surface area contributed by atoms with Crippen LogP contribution in [0.5, 0.6) is 0 Å². The van der Waals surface area contributed by atoms with E-state index in [1.165, 1.54) is 5.56 Å². The van der Waals surface area contributed by atoms with E-state index in [9.17, 15) is 0 Å². The molecule has 30 heavy (non-hydrogen) atoms. The maximum absolute atomic E-state index is 6.26. The van der Waals surface area contributed by atoms with Crippen molar-refractivity contribution in [3.05, 3.63) is 102 Å². The highest BCUT2D eigenvalue weighted by molar-refractivity contribution is 5.64. The van der Waals surface area contributed by atoms with E-state index >= 15 is 0 Å². The Hall–Kier alpha value is -3.77. The van der Waals surface area contributed by atoms with Gasteiger partial charge in [0, 0.05) is 36.5 Å². The van der Waals surface area contributed by atoms with Crippen molar-refractivity contribution in [1.82, 2.24) is 15.0 Å². The third kappa shape index (κ3) is 4.98. The molecule has 0 fully saturated rings. The number of nitrogens with zero attached hydrogens (tertiary/aromatic N) is 4. The maximum atomic E-state index is 6.26. The van der Waals surface area contributed by atoms with Gasteiger partial charge in [-0.2, -0.15) is 0 Å². The number of nitrogens with one attached hydrogen (secondary N) is 1. The molecule has 2 aromatic heterocycles. The summed E-state index contributed by atoms with van der Waals surface area (Å²) in [6, 6.07) is 26.2. The molecule has 0 unspecified atom stereocenters. The second-order valence-corrected chi connectivity index (χ2v) is 6.91. The topological polar surface area (TPSA) is 80.0 Å². The Bertz CT molecular complexity index is 1050. The monoisotopic (exact) mass is 396 g/mol. The highest BCUT2D eigenvalue weighted by Crippen LogP contribution is 2.25. The molecule has 0 aliphatic rings. The lowest BCUT2D eigenvalue weighted by atomic mass is 10.0. The molecule has 4 aromatic rings. The first-order valence-electron chi connectivity index (χ1n) is 9.92. The van der Waals surface area contributed by atoms with Gasteiger partial charge in [0.1, 0.15) is 5.82 Å². The van der Waals surface area contributed by atoms with Gasteiger partial charge >= 0.3 is 0 Å². The van der Waals surface area contributed by atoms with E-state index < -0.39 is 0 Å². The summed E-state index contributed by atoms with van der Waals surface area (Å²) in [7, 11) is 0. The van der Waals surface area contributed by atoms with Gasteiger partial charge in [-0.15, -0.1) is 0 Å². The predicted octanol–water partition coefficient (Wildman–Crippen LogP) is 3.92. The molecule has 0 aliphatic carbocycles. The van der Waals surface area contributed by atoms with Crippen LogP contribution in [0.2, 0.25) is 0 Å². The minimum absolute atomic E-state index is 0.494. The van der Waals surface area contributed by atoms with Crippen molar-refractivity contribution < 1.29 is 0 Å². The fraction of sp³-hybridized carbons (Fsp3) is 0.125. The van der Waals surface area contributed by atoms with Crippen molar-refractivity contribution in [2.45, 2.75) is 6.42 Å². The van der Waals surface area contributed by atoms with Gasteiger partial charge in [0.25, 0.3) is 0 Å². The quantitative estimate of drug-likeness (QED) is 0.347. The van der Waals surface area contributed by atoms with E-state index in [2.05, 4.69) is 39.6 Å². The van der Waals surface area contributed by atoms with Crippen LogP contribution in [0, 0.1) is 0 Å². The van der Waals surface area contributed by atoms with Gasteiger partial charge < -0.3 is 5.32 Å². The normalized spacial score (nSPS) is 10.6. The van der Waals surface area contributed by atoms with Crippen molar-refractivity contribution in [2.75, 3.05) is 23.4 Å². The van der Waals surface area contributed by atoms with E-state index in [4.69, 9.17) is 10.8 Å². The zero-order valence-electron chi connectivity index (χ0n) is 16.6. The van der Waals surface area contributed by atoms with Crippen LogP contribution < -0.4 is 16.2 Å². The number of hydrogen-bond acceptors (Lipinski definition) is 6. The third-order valence-electron chi connectivity index (χ3n) is 4.72. The van der Waals surface area contributed by atoms with E-state index in [0.29, 0.717) is 19.0 Å². The molecular formula is C24H24N6. The molecule has 0 bridgehead atoms. The average molecular weight is 396 g/mol. The molecule has 4 rings (SSSR count).